The first-order chi connectivity index (χ1) is 17.8. The lowest BCUT2D eigenvalue weighted by atomic mass is 9.98. The Labute approximate surface area is 220 Å². The maximum Gasteiger partial charge on any atom is 0.410 e. The summed E-state index contributed by atoms with van der Waals surface area (Å²) in [7, 11) is -3.59. The summed E-state index contributed by atoms with van der Waals surface area (Å²) >= 11 is 0. The molecule has 3 heterocycles. The molecule has 1 saturated carbocycles. The molecule has 0 N–H and O–H groups in total. The molecule has 2 saturated heterocycles. The molecule has 2 aliphatic heterocycles. The second-order valence-corrected chi connectivity index (χ2v) is 12.7. The van der Waals surface area contributed by atoms with Gasteiger partial charge in [0.15, 0.2) is 0 Å². The maximum atomic E-state index is 13.4. The van der Waals surface area contributed by atoms with Gasteiger partial charge in [-0.25, -0.2) is 13.2 Å². The molecule has 1 unspecified atom stereocenters. The van der Waals surface area contributed by atoms with Crippen LogP contribution in [0.15, 0.2) is 47.5 Å². The molecule has 200 valence electrons. The summed E-state index contributed by atoms with van der Waals surface area (Å²) in [5.41, 5.74) is 2.50. The summed E-state index contributed by atoms with van der Waals surface area (Å²) in [6.07, 6.45) is 4.69. The highest BCUT2D eigenvalue weighted by Crippen LogP contribution is 2.42. The van der Waals surface area contributed by atoms with Crippen molar-refractivity contribution in [1.82, 2.24) is 14.2 Å². The van der Waals surface area contributed by atoms with Crippen molar-refractivity contribution in [3.05, 3.63) is 59.4 Å². The van der Waals surface area contributed by atoms with Gasteiger partial charge in [-0.15, -0.1) is 0 Å². The molecule has 1 aromatic heterocycles. The van der Waals surface area contributed by atoms with E-state index < -0.39 is 10.0 Å². The lowest BCUT2D eigenvalue weighted by molar-refractivity contribution is 0.0351. The molecule has 3 aliphatic rings. The Balaban J connectivity index is 1.26. The zero-order chi connectivity index (χ0) is 26.0. The van der Waals surface area contributed by atoms with E-state index >= 15 is 0 Å². The number of pyridine rings is 1. The van der Waals surface area contributed by atoms with Crippen molar-refractivity contribution in [3.63, 3.8) is 0 Å². The largest absolute Gasteiger partial charge is 0.445 e. The number of sulfonamides is 1. The summed E-state index contributed by atoms with van der Waals surface area (Å²) in [5, 5.41) is 0. The van der Waals surface area contributed by atoms with Crippen molar-refractivity contribution >= 4 is 16.1 Å². The van der Waals surface area contributed by atoms with Crippen LogP contribution in [-0.4, -0.2) is 67.6 Å². The summed E-state index contributed by atoms with van der Waals surface area (Å²) in [4.78, 5) is 19.8. The van der Waals surface area contributed by atoms with Crippen LogP contribution in [0.5, 0.6) is 0 Å². The monoisotopic (exact) mass is 527 g/mol. The van der Waals surface area contributed by atoms with Crippen molar-refractivity contribution in [3.8, 4) is 0 Å². The number of fused-ring (bicyclic) bond motifs is 1. The third kappa shape index (κ3) is 5.84. The van der Waals surface area contributed by atoms with Crippen LogP contribution >= 0.6 is 0 Å². The minimum absolute atomic E-state index is 0.0637. The zero-order valence-corrected chi connectivity index (χ0v) is 22.5. The number of carbonyl (C=O) groups is 1. The van der Waals surface area contributed by atoms with E-state index in [-0.39, 0.29) is 30.6 Å². The Morgan fingerprint density at radius 3 is 2.43 bits per heavy atom. The van der Waals surface area contributed by atoms with E-state index in [2.05, 4.69) is 4.98 Å². The summed E-state index contributed by atoms with van der Waals surface area (Å²) in [6.45, 7) is 7.03. The Morgan fingerprint density at radius 2 is 1.78 bits per heavy atom. The number of benzene rings is 1. The molecule has 3 fully saturated rings. The summed E-state index contributed by atoms with van der Waals surface area (Å²) < 4.78 is 39.7. The fraction of sp³-hybridized carbons (Fsp3) is 0.571. The molecule has 3 atom stereocenters. The highest BCUT2D eigenvalue weighted by atomic mass is 32.2. The Morgan fingerprint density at radius 1 is 1.11 bits per heavy atom. The van der Waals surface area contributed by atoms with Crippen molar-refractivity contribution in [2.24, 2.45) is 17.8 Å². The SMILES string of the molecule is Cc1cc(C)c(S(=O)(=O)N2C[C@H]3CC(N(CC4CCOCC4)C(=O)OCc4ccccc4)C[C@H]3C2)cn1. The van der Waals surface area contributed by atoms with E-state index in [4.69, 9.17) is 9.47 Å². The topological polar surface area (TPSA) is 89.0 Å². The molecule has 1 amide bonds. The molecule has 0 radical (unpaired) electrons. The van der Waals surface area contributed by atoms with Crippen molar-refractivity contribution in [1.29, 1.82) is 0 Å². The molecule has 8 nitrogen and oxygen atoms in total. The number of aromatic nitrogens is 1. The number of carbonyl (C=O) groups excluding carboxylic acids is 1. The second-order valence-electron chi connectivity index (χ2n) is 10.8. The molecule has 0 bridgehead atoms. The highest BCUT2D eigenvalue weighted by molar-refractivity contribution is 7.89. The summed E-state index contributed by atoms with van der Waals surface area (Å²) in [5.74, 6) is 0.863. The van der Waals surface area contributed by atoms with Gasteiger partial charge >= 0.3 is 6.09 Å². The molecule has 1 aromatic carbocycles. The number of nitrogens with zero attached hydrogens (tertiary/aromatic N) is 3. The van der Waals surface area contributed by atoms with Crippen molar-refractivity contribution in [2.75, 3.05) is 32.8 Å². The van der Waals surface area contributed by atoms with E-state index in [1.165, 1.54) is 6.20 Å². The van der Waals surface area contributed by atoms with Crippen LogP contribution in [0.3, 0.4) is 0 Å². The van der Waals surface area contributed by atoms with Crippen LogP contribution in [0.4, 0.5) is 4.79 Å². The van der Waals surface area contributed by atoms with E-state index in [0.717, 1.165) is 55.7 Å². The van der Waals surface area contributed by atoms with Gasteiger partial charge in [0.05, 0.1) is 0 Å². The third-order valence-corrected chi connectivity index (χ3v) is 10.1. The van der Waals surface area contributed by atoms with Crippen molar-refractivity contribution in [2.45, 2.75) is 57.1 Å². The molecule has 0 spiro atoms. The summed E-state index contributed by atoms with van der Waals surface area (Å²) in [6, 6.07) is 11.6. The molecule has 5 rings (SSSR count). The molecular formula is C28H37N3O5S. The van der Waals surface area contributed by atoms with Gasteiger partial charge in [-0.1, -0.05) is 30.3 Å². The first kappa shape index (κ1) is 26.1. The van der Waals surface area contributed by atoms with Crippen molar-refractivity contribution < 1.29 is 22.7 Å². The van der Waals surface area contributed by atoms with E-state index in [1.54, 1.807) is 4.31 Å². The van der Waals surface area contributed by atoms with Crippen LogP contribution in [-0.2, 0) is 26.1 Å². The van der Waals surface area contributed by atoms with Crippen LogP contribution in [0.2, 0.25) is 0 Å². The normalized spacial score (nSPS) is 24.6. The lowest BCUT2D eigenvalue weighted by Crippen LogP contribution is -2.44. The molecule has 37 heavy (non-hydrogen) atoms. The van der Waals surface area contributed by atoms with Crippen LogP contribution in [0.25, 0.3) is 0 Å². The Kier molecular flexibility index (Phi) is 7.83. The minimum atomic E-state index is -3.59. The smallest absolute Gasteiger partial charge is 0.410 e. The van der Waals surface area contributed by atoms with Gasteiger partial charge in [0.25, 0.3) is 0 Å². The van der Waals surface area contributed by atoms with Crippen LogP contribution in [0.1, 0.15) is 42.5 Å². The average Bonchev–Trinajstić information content (AvgIpc) is 3.47. The van der Waals surface area contributed by atoms with E-state index in [0.29, 0.717) is 30.4 Å². The minimum Gasteiger partial charge on any atom is -0.445 e. The average molecular weight is 528 g/mol. The number of hydrogen-bond acceptors (Lipinski definition) is 6. The number of aryl methyl sites for hydroxylation is 2. The first-order valence-corrected chi connectivity index (χ1v) is 14.7. The molecule has 1 aliphatic carbocycles. The predicted molar refractivity (Wildman–Crippen MR) is 139 cm³/mol. The van der Waals surface area contributed by atoms with E-state index in [9.17, 15) is 13.2 Å². The lowest BCUT2D eigenvalue weighted by Gasteiger charge is -2.34. The number of rotatable bonds is 7. The van der Waals surface area contributed by atoms with Gasteiger partial charge in [0.1, 0.15) is 11.5 Å². The molecule has 9 heteroatoms. The fourth-order valence-corrected chi connectivity index (χ4v) is 7.86. The van der Waals surface area contributed by atoms with Gasteiger partial charge in [-0.05, 0) is 74.5 Å². The van der Waals surface area contributed by atoms with Gasteiger partial charge in [-0.2, -0.15) is 4.31 Å². The van der Waals surface area contributed by atoms with Crippen LogP contribution < -0.4 is 0 Å². The second kappa shape index (κ2) is 11.1. The van der Waals surface area contributed by atoms with E-state index in [1.807, 2.05) is 55.1 Å². The van der Waals surface area contributed by atoms with Gasteiger partial charge < -0.3 is 14.4 Å². The first-order valence-electron chi connectivity index (χ1n) is 13.3. The predicted octanol–water partition coefficient (Wildman–Crippen LogP) is 4.16. The van der Waals surface area contributed by atoms with Gasteiger partial charge in [0, 0.05) is 50.8 Å². The molecule has 2 aromatic rings. The highest BCUT2D eigenvalue weighted by Gasteiger charge is 2.47. The maximum absolute atomic E-state index is 13.4. The van der Waals surface area contributed by atoms with Crippen LogP contribution in [0, 0.1) is 31.6 Å². The van der Waals surface area contributed by atoms with Gasteiger partial charge in [0.2, 0.25) is 10.0 Å². The number of amides is 1. The fourth-order valence-electron chi connectivity index (χ4n) is 6.15. The third-order valence-electron chi connectivity index (χ3n) is 8.19. The zero-order valence-electron chi connectivity index (χ0n) is 21.7. The van der Waals surface area contributed by atoms with Gasteiger partial charge in [-0.3, -0.25) is 4.98 Å². The quantitative estimate of drug-likeness (QED) is 0.537. The molecular weight excluding hydrogens is 490 g/mol. The standard InChI is InChI=1S/C28H37N3O5S/c1-20-12-21(2)29-15-27(20)37(33,34)30-17-24-13-26(14-25(24)18-30)31(16-22-8-10-35-11-9-22)28(32)36-19-23-6-4-3-5-7-23/h3-7,12,15,22,24-26H,8-11,13-14,16-19H2,1-2H3/t24-,25+,26?. The Hall–Kier alpha value is -2.49. The Bertz CT molecular complexity index is 1190. The number of ether oxygens (including phenoxy) is 2. The number of hydrogen-bond donors (Lipinski definition) is 0.